The topological polar surface area (TPSA) is 33.6 Å². The second-order valence-electron chi connectivity index (χ2n) is 3.86. The molecule has 3 nitrogen and oxygen atoms in total. The standard InChI is InChI=1S/C13H18N2O/c1-2-3-10-16-12-7-5-4-6-11(12)13-14-8-9-15-13/h4-7H,2-3,8-10H2,1H3,(H,14,15). The van der Waals surface area contributed by atoms with Crippen molar-refractivity contribution in [2.75, 3.05) is 19.7 Å². The lowest BCUT2D eigenvalue weighted by atomic mass is 10.2. The normalized spacial score (nSPS) is 14.4. The minimum Gasteiger partial charge on any atom is -0.493 e. The van der Waals surface area contributed by atoms with E-state index in [1.165, 1.54) is 0 Å². The second kappa shape index (κ2) is 5.54. The quantitative estimate of drug-likeness (QED) is 0.769. The SMILES string of the molecule is CCCCOc1ccccc1C1=NCCN1. The molecule has 1 heterocycles. The number of rotatable bonds is 5. The molecule has 0 bridgehead atoms. The highest BCUT2D eigenvalue weighted by Gasteiger charge is 2.12. The molecule has 0 aromatic heterocycles. The molecule has 0 atom stereocenters. The van der Waals surface area contributed by atoms with E-state index in [0.717, 1.165) is 49.7 Å². The zero-order valence-corrected chi connectivity index (χ0v) is 9.70. The van der Waals surface area contributed by atoms with Crippen LogP contribution in [-0.4, -0.2) is 25.5 Å². The summed E-state index contributed by atoms with van der Waals surface area (Å²) < 4.78 is 5.77. The Kier molecular flexibility index (Phi) is 3.81. The van der Waals surface area contributed by atoms with Crippen molar-refractivity contribution in [3.05, 3.63) is 29.8 Å². The average Bonchev–Trinajstić information content (AvgIpc) is 2.83. The van der Waals surface area contributed by atoms with Gasteiger partial charge in [-0.25, -0.2) is 0 Å². The number of para-hydroxylation sites is 1. The Morgan fingerprint density at radius 1 is 1.38 bits per heavy atom. The largest absolute Gasteiger partial charge is 0.493 e. The van der Waals surface area contributed by atoms with Gasteiger partial charge in [-0.15, -0.1) is 0 Å². The van der Waals surface area contributed by atoms with Gasteiger partial charge in [0.15, 0.2) is 0 Å². The van der Waals surface area contributed by atoms with Crippen LogP contribution in [0.2, 0.25) is 0 Å². The van der Waals surface area contributed by atoms with Crippen LogP contribution in [-0.2, 0) is 0 Å². The number of hydrogen-bond acceptors (Lipinski definition) is 3. The summed E-state index contributed by atoms with van der Waals surface area (Å²) >= 11 is 0. The van der Waals surface area contributed by atoms with Crippen LogP contribution in [0.4, 0.5) is 0 Å². The summed E-state index contributed by atoms with van der Waals surface area (Å²) in [4.78, 5) is 4.42. The van der Waals surface area contributed by atoms with Crippen LogP contribution in [0, 0.1) is 0 Å². The first-order valence-corrected chi connectivity index (χ1v) is 5.92. The van der Waals surface area contributed by atoms with E-state index in [1.807, 2.05) is 18.2 Å². The van der Waals surface area contributed by atoms with Crippen LogP contribution in [0.3, 0.4) is 0 Å². The first-order valence-electron chi connectivity index (χ1n) is 5.92. The van der Waals surface area contributed by atoms with Crippen molar-refractivity contribution in [2.24, 2.45) is 4.99 Å². The van der Waals surface area contributed by atoms with Crippen molar-refractivity contribution in [3.8, 4) is 5.75 Å². The molecule has 1 aliphatic heterocycles. The fourth-order valence-electron chi connectivity index (χ4n) is 1.69. The van der Waals surface area contributed by atoms with Gasteiger partial charge in [-0.1, -0.05) is 25.5 Å². The predicted molar refractivity (Wildman–Crippen MR) is 66.3 cm³/mol. The summed E-state index contributed by atoms with van der Waals surface area (Å²) in [6, 6.07) is 8.08. The Hall–Kier alpha value is -1.51. The van der Waals surface area contributed by atoms with E-state index in [2.05, 4.69) is 23.3 Å². The third-order valence-electron chi connectivity index (χ3n) is 2.57. The molecule has 0 aliphatic carbocycles. The Balaban J connectivity index is 2.10. The molecule has 1 aromatic rings. The Bertz CT molecular complexity index is 374. The molecule has 1 N–H and O–H groups in total. The number of hydrogen-bond donors (Lipinski definition) is 1. The molecular weight excluding hydrogens is 200 g/mol. The van der Waals surface area contributed by atoms with Crippen molar-refractivity contribution in [1.29, 1.82) is 0 Å². The van der Waals surface area contributed by atoms with Gasteiger partial charge >= 0.3 is 0 Å². The maximum atomic E-state index is 5.77. The maximum Gasteiger partial charge on any atom is 0.132 e. The maximum absolute atomic E-state index is 5.77. The summed E-state index contributed by atoms with van der Waals surface area (Å²) in [5.74, 6) is 1.90. The molecule has 0 amide bonds. The highest BCUT2D eigenvalue weighted by molar-refractivity contribution is 6.02. The molecule has 86 valence electrons. The number of ether oxygens (including phenoxy) is 1. The Morgan fingerprint density at radius 3 is 3.00 bits per heavy atom. The Labute approximate surface area is 96.5 Å². The van der Waals surface area contributed by atoms with Crippen LogP contribution in [0.25, 0.3) is 0 Å². The van der Waals surface area contributed by atoms with E-state index < -0.39 is 0 Å². The van der Waals surface area contributed by atoms with E-state index in [-0.39, 0.29) is 0 Å². The van der Waals surface area contributed by atoms with Crippen LogP contribution >= 0.6 is 0 Å². The third-order valence-corrected chi connectivity index (χ3v) is 2.57. The number of aliphatic imine (C=N–C) groups is 1. The van der Waals surface area contributed by atoms with Crippen molar-refractivity contribution in [3.63, 3.8) is 0 Å². The van der Waals surface area contributed by atoms with Gasteiger partial charge in [-0.3, -0.25) is 4.99 Å². The number of amidine groups is 1. The number of nitrogens with one attached hydrogen (secondary N) is 1. The molecule has 3 heteroatoms. The monoisotopic (exact) mass is 218 g/mol. The van der Waals surface area contributed by atoms with E-state index >= 15 is 0 Å². The van der Waals surface area contributed by atoms with Crippen molar-refractivity contribution in [1.82, 2.24) is 5.32 Å². The highest BCUT2D eigenvalue weighted by atomic mass is 16.5. The fourth-order valence-corrected chi connectivity index (χ4v) is 1.69. The number of benzene rings is 1. The third kappa shape index (κ3) is 2.54. The fraction of sp³-hybridized carbons (Fsp3) is 0.462. The Morgan fingerprint density at radius 2 is 2.25 bits per heavy atom. The summed E-state index contributed by atoms with van der Waals surface area (Å²) in [6.07, 6.45) is 2.25. The van der Waals surface area contributed by atoms with Gasteiger partial charge in [0.25, 0.3) is 0 Å². The molecule has 0 spiro atoms. The number of nitrogens with zero attached hydrogens (tertiary/aromatic N) is 1. The van der Waals surface area contributed by atoms with Crippen LogP contribution in [0.15, 0.2) is 29.3 Å². The minimum absolute atomic E-state index is 0.779. The molecule has 0 unspecified atom stereocenters. The van der Waals surface area contributed by atoms with Crippen molar-refractivity contribution >= 4 is 5.84 Å². The lowest BCUT2D eigenvalue weighted by molar-refractivity contribution is 0.309. The van der Waals surface area contributed by atoms with Gasteiger partial charge in [0.05, 0.1) is 18.7 Å². The molecule has 0 fully saturated rings. The van der Waals surface area contributed by atoms with E-state index in [9.17, 15) is 0 Å². The van der Waals surface area contributed by atoms with Gasteiger partial charge in [0.2, 0.25) is 0 Å². The average molecular weight is 218 g/mol. The molecule has 0 saturated carbocycles. The molecular formula is C13H18N2O. The van der Waals surface area contributed by atoms with E-state index in [4.69, 9.17) is 4.74 Å². The van der Waals surface area contributed by atoms with E-state index in [0.29, 0.717) is 0 Å². The van der Waals surface area contributed by atoms with Crippen molar-refractivity contribution < 1.29 is 4.74 Å². The summed E-state index contributed by atoms with van der Waals surface area (Å²) in [5, 5.41) is 3.27. The number of unbranched alkanes of at least 4 members (excludes halogenated alkanes) is 1. The molecule has 0 radical (unpaired) electrons. The van der Waals surface area contributed by atoms with Gasteiger partial charge in [-0.05, 0) is 18.6 Å². The molecule has 16 heavy (non-hydrogen) atoms. The zero-order valence-electron chi connectivity index (χ0n) is 9.70. The van der Waals surface area contributed by atoms with Gasteiger partial charge in [-0.2, -0.15) is 0 Å². The summed E-state index contributed by atoms with van der Waals surface area (Å²) in [6.45, 7) is 4.73. The summed E-state index contributed by atoms with van der Waals surface area (Å²) in [5.41, 5.74) is 1.08. The first-order chi connectivity index (χ1) is 7.92. The lowest BCUT2D eigenvalue weighted by Crippen LogP contribution is -2.20. The van der Waals surface area contributed by atoms with Crippen LogP contribution < -0.4 is 10.1 Å². The van der Waals surface area contributed by atoms with Crippen LogP contribution in [0.5, 0.6) is 5.75 Å². The smallest absolute Gasteiger partial charge is 0.132 e. The molecule has 1 aliphatic rings. The zero-order chi connectivity index (χ0) is 11.2. The van der Waals surface area contributed by atoms with Crippen molar-refractivity contribution in [2.45, 2.75) is 19.8 Å². The van der Waals surface area contributed by atoms with Gasteiger partial charge < -0.3 is 10.1 Å². The molecule has 0 saturated heterocycles. The van der Waals surface area contributed by atoms with Crippen LogP contribution in [0.1, 0.15) is 25.3 Å². The highest BCUT2D eigenvalue weighted by Crippen LogP contribution is 2.19. The molecule has 1 aromatic carbocycles. The minimum atomic E-state index is 0.779. The second-order valence-corrected chi connectivity index (χ2v) is 3.86. The van der Waals surface area contributed by atoms with Gasteiger partial charge in [0, 0.05) is 6.54 Å². The van der Waals surface area contributed by atoms with Gasteiger partial charge in [0.1, 0.15) is 11.6 Å². The van der Waals surface area contributed by atoms with E-state index in [1.54, 1.807) is 0 Å². The lowest BCUT2D eigenvalue weighted by Gasteiger charge is -2.11. The first kappa shape index (κ1) is 11.0. The predicted octanol–water partition coefficient (Wildman–Crippen LogP) is 2.22. The molecule has 2 rings (SSSR count). The summed E-state index contributed by atoms with van der Waals surface area (Å²) in [7, 11) is 0.